The lowest BCUT2D eigenvalue weighted by molar-refractivity contribution is -0.136. The van der Waals surface area contributed by atoms with Gasteiger partial charge in [0.2, 0.25) is 5.82 Å². The Hall–Kier alpha value is -4.53. The second kappa shape index (κ2) is 11.5. The van der Waals surface area contributed by atoms with Gasteiger partial charge in [-0.2, -0.15) is 4.98 Å². The van der Waals surface area contributed by atoms with Crippen LogP contribution in [-0.2, 0) is 4.79 Å². The molecule has 1 amide bonds. The monoisotopic (exact) mass is 502 g/mol. The third-order valence-electron chi connectivity index (χ3n) is 5.81. The van der Waals surface area contributed by atoms with Gasteiger partial charge in [-0.25, -0.2) is 4.39 Å². The highest BCUT2D eigenvalue weighted by Gasteiger charge is 2.17. The number of carbonyl (C=O) groups is 2. The van der Waals surface area contributed by atoms with Crippen LogP contribution in [0.5, 0.6) is 0 Å². The topological polar surface area (TPSA) is 117 Å². The number of hydrogen-bond donors (Lipinski definition) is 3. The zero-order valence-electron chi connectivity index (χ0n) is 20.4. The lowest BCUT2D eigenvalue weighted by Crippen LogP contribution is -2.26. The molecule has 0 saturated heterocycles. The molecule has 1 aromatic heterocycles. The zero-order valence-corrected chi connectivity index (χ0v) is 20.4. The maximum absolute atomic E-state index is 13.2. The lowest BCUT2D eigenvalue weighted by atomic mass is 9.94. The fraction of sp³-hybridized carbons (Fsp3) is 0.214. The Morgan fingerprint density at radius 2 is 1.59 bits per heavy atom. The summed E-state index contributed by atoms with van der Waals surface area (Å²) in [6.07, 6.45) is -0.123. The third kappa shape index (κ3) is 6.58. The lowest BCUT2D eigenvalue weighted by Gasteiger charge is -2.24. The first-order valence-corrected chi connectivity index (χ1v) is 11.9. The minimum atomic E-state index is -0.959. The van der Waals surface area contributed by atoms with E-state index in [2.05, 4.69) is 34.6 Å². The Morgan fingerprint density at radius 3 is 2.22 bits per heavy atom. The Balaban J connectivity index is 1.43. The van der Waals surface area contributed by atoms with Gasteiger partial charge in [-0.15, -0.1) is 0 Å². The van der Waals surface area contributed by atoms with Crippen LogP contribution in [0.2, 0.25) is 0 Å². The van der Waals surface area contributed by atoms with E-state index < -0.39 is 5.97 Å². The number of anilines is 1. The number of nitrogens with zero attached hydrogens (tertiary/aromatic N) is 2. The maximum atomic E-state index is 13.2. The Morgan fingerprint density at radius 1 is 0.946 bits per heavy atom. The number of amides is 1. The van der Waals surface area contributed by atoms with Crippen molar-refractivity contribution in [3.8, 4) is 22.8 Å². The van der Waals surface area contributed by atoms with Gasteiger partial charge < -0.3 is 20.3 Å². The minimum Gasteiger partial charge on any atom is -0.481 e. The number of benzene rings is 3. The van der Waals surface area contributed by atoms with Gasteiger partial charge in [-0.3, -0.25) is 9.59 Å². The van der Waals surface area contributed by atoms with Crippen molar-refractivity contribution < 1.29 is 23.6 Å². The number of aliphatic carboxylic acids is 1. The first-order valence-electron chi connectivity index (χ1n) is 11.9. The van der Waals surface area contributed by atoms with E-state index in [1.807, 2.05) is 36.4 Å². The smallest absolute Gasteiger partial charge is 0.305 e. The Labute approximate surface area is 213 Å². The van der Waals surface area contributed by atoms with E-state index in [9.17, 15) is 14.0 Å². The van der Waals surface area contributed by atoms with Gasteiger partial charge in [0.05, 0.1) is 12.5 Å². The van der Waals surface area contributed by atoms with Crippen molar-refractivity contribution in [1.29, 1.82) is 0 Å². The van der Waals surface area contributed by atoms with Crippen molar-refractivity contribution in [3.05, 3.63) is 89.7 Å². The standard InChI is InChI=1S/C28H27FN4O4/c1-17(2)25(31-23-13-9-20(10-14-23)27(36)30-16-15-24(34)35)18-3-5-19(6-4-18)26-32-28(37-33-26)21-7-11-22(29)12-8-21/h3-14,17,25,31H,15-16H2,1-2H3,(H,30,36)(H,34,35). The summed E-state index contributed by atoms with van der Waals surface area (Å²) in [6, 6.07) is 20.8. The SMILES string of the molecule is CC(C)C(Nc1ccc(C(=O)NCCC(=O)O)cc1)c1ccc(-c2noc(-c3ccc(F)cc3)n2)cc1. The molecular weight excluding hydrogens is 475 g/mol. The van der Waals surface area contributed by atoms with Gasteiger partial charge in [0.15, 0.2) is 0 Å². The second-order valence-electron chi connectivity index (χ2n) is 8.90. The molecule has 1 unspecified atom stereocenters. The largest absolute Gasteiger partial charge is 0.481 e. The molecule has 0 bridgehead atoms. The van der Waals surface area contributed by atoms with Gasteiger partial charge in [-0.05, 0) is 60.0 Å². The fourth-order valence-electron chi connectivity index (χ4n) is 3.81. The highest BCUT2D eigenvalue weighted by molar-refractivity contribution is 5.94. The molecule has 37 heavy (non-hydrogen) atoms. The van der Waals surface area contributed by atoms with Crippen molar-refractivity contribution in [3.63, 3.8) is 0 Å². The number of nitrogens with one attached hydrogen (secondary N) is 2. The normalized spacial score (nSPS) is 11.8. The number of carboxylic acid groups (broad SMARTS) is 1. The van der Waals surface area contributed by atoms with Gasteiger partial charge in [0.25, 0.3) is 11.8 Å². The predicted octanol–water partition coefficient (Wildman–Crippen LogP) is 5.56. The molecule has 0 saturated carbocycles. The molecule has 0 aliphatic heterocycles. The molecule has 3 aromatic carbocycles. The van der Waals surface area contributed by atoms with Gasteiger partial charge in [0, 0.05) is 28.9 Å². The van der Waals surface area contributed by atoms with Crippen LogP contribution in [0.4, 0.5) is 10.1 Å². The number of halogens is 1. The van der Waals surface area contributed by atoms with Gasteiger partial charge in [-0.1, -0.05) is 43.3 Å². The summed E-state index contributed by atoms with van der Waals surface area (Å²) in [4.78, 5) is 27.2. The highest BCUT2D eigenvalue weighted by atomic mass is 19.1. The number of rotatable bonds is 10. The molecule has 8 nitrogen and oxygen atoms in total. The summed E-state index contributed by atoms with van der Waals surface area (Å²) in [5, 5.41) is 18.9. The molecule has 190 valence electrons. The molecule has 3 N–H and O–H groups in total. The van der Waals surface area contributed by atoms with Crippen LogP contribution in [0.25, 0.3) is 22.8 Å². The van der Waals surface area contributed by atoms with Crippen LogP contribution in [0, 0.1) is 11.7 Å². The summed E-state index contributed by atoms with van der Waals surface area (Å²) in [5.41, 5.74) is 3.82. The molecule has 1 atom stereocenters. The highest BCUT2D eigenvalue weighted by Crippen LogP contribution is 2.29. The molecule has 0 fully saturated rings. The van der Waals surface area contributed by atoms with Crippen LogP contribution in [0.3, 0.4) is 0 Å². The third-order valence-corrected chi connectivity index (χ3v) is 5.81. The molecule has 0 aliphatic carbocycles. The molecule has 0 spiro atoms. The van der Waals surface area contributed by atoms with Crippen LogP contribution in [0.15, 0.2) is 77.3 Å². The van der Waals surface area contributed by atoms with Crippen molar-refractivity contribution >= 4 is 17.6 Å². The Kier molecular flexibility index (Phi) is 7.92. The first kappa shape index (κ1) is 25.6. The Bertz CT molecular complexity index is 1350. The minimum absolute atomic E-state index is 0.00402. The number of carbonyl (C=O) groups excluding carboxylic acids is 1. The van der Waals surface area contributed by atoms with Gasteiger partial charge >= 0.3 is 5.97 Å². The van der Waals surface area contributed by atoms with Crippen molar-refractivity contribution in [2.45, 2.75) is 26.3 Å². The van der Waals surface area contributed by atoms with E-state index in [1.165, 1.54) is 12.1 Å². The van der Waals surface area contributed by atoms with Crippen molar-refractivity contribution in [2.75, 3.05) is 11.9 Å². The van der Waals surface area contributed by atoms with E-state index in [0.717, 1.165) is 16.8 Å². The van der Waals surface area contributed by atoms with Crippen molar-refractivity contribution in [2.24, 2.45) is 5.92 Å². The average Bonchev–Trinajstić information content (AvgIpc) is 3.38. The summed E-state index contributed by atoms with van der Waals surface area (Å²) < 4.78 is 18.5. The van der Waals surface area contributed by atoms with E-state index >= 15 is 0 Å². The first-order chi connectivity index (χ1) is 17.8. The van der Waals surface area contributed by atoms with Crippen LogP contribution >= 0.6 is 0 Å². The van der Waals surface area contributed by atoms with Crippen LogP contribution in [0.1, 0.15) is 42.2 Å². The summed E-state index contributed by atoms with van der Waals surface area (Å²) in [6.45, 7) is 4.31. The van der Waals surface area contributed by atoms with Crippen molar-refractivity contribution in [1.82, 2.24) is 15.5 Å². The van der Waals surface area contributed by atoms with E-state index in [0.29, 0.717) is 22.8 Å². The molecule has 1 heterocycles. The van der Waals surface area contributed by atoms with Crippen LogP contribution < -0.4 is 10.6 Å². The zero-order chi connectivity index (χ0) is 26.4. The van der Waals surface area contributed by atoms with Crippen LogP contribution in [-0.4, -0.2) is 33.7 Å². The summed E-state index contributed by atoms with van der Waals surface area (Å²) >= 11 is 0. The molecular formula is C28H27FN4O4. The maximum Gasteiger partial charge on any atom is 0.305 e. The fourth-order valence-corrected chi connectivity index (χ4v) is 3.81. The molecule has 0 aliphatic rings. The van der Waals surface area contributed by atoms with E-state index in [-0.39, 0.29) is 36.6 Å². The second-order valence-corrected chi connectivity index (χ2v) is 8.90. The number of carboxylic acids is 1. The van der Waals surface area contributed by atoms with Gasteiger partial charge in [0.1, 0.15) is 5.82 Å². The molecule has 4 aromatic rings. The average molecular weight is 503 g/mol. The summed E-state index contributed by atoms with van der Waals surface area (Å²) in [7, 11) is 0. The predicted molar refractivity (Wildman–Crippen MR) is 137 cm³/mol. The molecule has 0 radical (unpaired) electrons. The quantitative estimate of drug-likeness (QED) is 0.260. The van der Waals surface area contributed by atoms with E-state index in [1.54, 1.807) is 24.3 Å². The molecule has 4 rings (SSSR count). The van der Waals surface area contributed by atoms with E-state index in [4.69, 9.17) is 9.63 Å². The summed E-state index contributed by atoms with van der Waals surface area (Å²) in [5.74, 6) is -0.577. The number of aromatic nitrogens is 2. The number of hydrogen-bond acceptors (Lipinski definition) is 6. The molecule has 9 heteroatoms.